The van der Waals surface area contributed by atoms with Gasteiger partial charge >= 0.3 is 0 Å². The van der Waals surface area contributed by atoms with Gasteiger partial charge in [-0.3, -0.25) is 0 Å². The molecule has 2 heterocycles. The molecule has 23 heavy (non-hydrogen) atoms. The Morgan fingerprint density at radius 1 is 1.30 bits per heavy atom. The second-order valence-corrected chi connectivity index (χ2v) is 5.88. The highest BCUT2D eigenvalue weighted by atomic mass is 16.5. The summed E-state index contributed by atoms with van der Waals surface area (Å²) in [5.74, 6) is 2.03. The van der Waals surface area contributed by atoms with Gasteiger partial charge in [-0.1, -0.05) is 12.1 Å². The predicted octanol–water partition coefficient (Wildman–Crippen LogP) is 3.59. The van der Waals surface area contributed by atoms with E-state index in [9.17, 15) is 5.11 Å². The third kappa shape index (κ3) is 3.11. The summed E-state index contributed by atoms with van der Waals surface area (Å²) in [5.41, 5.74) is -0.349. The van der Waals surface area contributed by atoms with Crippen molar-refractivity contribution in [3.05, 3.63) is 54.2 Å². The van der Waals surface area contributed by atoms with E-state index in [4.69, 9.17) is 13.6 Å². The largest absolute Gasteiger partial charge is 0.493 e. The van der Waals surface area contributed by atoms with E-state index in [1.165, 1.54) is 0 Å². The molecule has 0 spiro atoms. The number of ether oxygens (including phenoxy) is 1. The van der Waals surface area contributed by atoms with Crippen molar-refractivity contribution in [2.45, 2.75) is 25.5 Å². The van der Waals surface area contributed by atoms with E-state index < -0.39 is 5.60 Å². The van der Waals surface area contributed by atoms with Crippen LogP contribution in [-0.4, -0.2) is 18.8 Å². The first kappa shape index (κ1) is 15.6. The zero-order valence-corrected chi connectivity index (χ0v) is 13.5. The predicted molar refractivity (Wildman–Crippen MR) is 87.5 cm³/mol. The quantitative estimate of drug-likeness (QED) is 0.727. The Bertz CT molecular complexity index is 774. The lowest BCUT2D eigenvalue weighted by molar-refractivity contribution is 0.0315. The van der Waals surface area contributed by atoms with Crippen LogP contribution < -0.4 is 10.1 Å². The number of hydrogen-bond acceptors (Lipinski definition) is 5. The van der Waals surface area contributed by atoms with Crippen LogP contribution in [0, 0.1) is 0 Å². The second kappa shape index (κ2) is 6.10. The molecule has 122 valence electrons. The Morgan fingerprint density at radius 2 is 2.13 bits per heavy atom. The number of methoxy groups -OCH3 is 1. The van der Waals surface area contributed by atoms with Crippen LogP contribution in [0.5, 0.6) is 5.75 Å². The van der Waals surface area contributed by atoms with Crippen molar-refractivity contribution >= 4 is 11.0 Å². The van der Waals surface area contributed by atoms with E-state index in [1.807, 2.05) is 31.2 Å². The first-order chi connectivity index (χ1) is 11.0. The van der Waals surface area contributed by atoms with Gasteiger partial charge < -0.3 is 24.0 Å². The third-order valence-corrected chi connectivity index (χ3v) is 3.98. The van der Waals surface area contributed by atoms with Crippen LogP contribution >= 0.6 is 0 Å². The van der Waals surface area contributed by atoms with Gasteiger partial charge in [0.1, 0.15) is 17.1 Å². The fourth-order valence-electron chi connectivity index (χ4n) is 2.55. The molecular weight excluding hydrogens is 294 g/mol. The summed E-state index contributed by atoms with van der Waals surface area (Å²) in [6.07, 6.45) is 1.55. The van der Waals surface area contributed by atoms with E-state index in [0.717, 1.165) is 16.7 Å². The maximum Gasteiger partial charge on any atom is 0.176 e. The number of benzene rings is 1. The van der Waals surface area contributed by atoms with Gasteiger partial charge in [-0.05, 0) is 38.1 Å². The van der Waals surface area contributed by atoms with Crippen LogP contribution in [0.25, 0.3) is 11.0 Å². The number of para-hydroxylation sites is 1. The minimum atomic E-state index is -1.08. The van der Waals surface area contributed by atoms with Crippen molar-refractivity contribution in [3.63, 3.8) is 0 Å². The van der Waals surface area contributed by atoms with E-state index in [0.29, 0.717) is 18.1 Å². The number of hydrogen-bond donors (Lipinski definition) is 2. The minimum Gasteiger partial charge on any atom is -0.493 e. The Morgan fingerprint density at radius 3 is 2.83 bits per heavy atom. The van der Waals surface area contributed by atoms with E-state index in [1.54, 1.807) is 32.4 Å². The molecule has 2 N–H and O–H groups in total. The zero-order valence-electron chi connectivity index (χ0n) is 13.5. The molecular formula is C18H21NO4. The Labute approximate surface area is 134 Å². The fourth-order valence-corrected chi connectivity index (χ4v) is 2.55. The molecule has 0 bridgehead atoms. The van der Waals surface area contributed by atoms with E-state index in [-0.39, 0.29) is 6.04 Å². The molecule has 0 saturated heterocycles. The van der Waals surface area contributed by atoms with Gasteiger partial charge in [0.15, 0.2) is 11.3 Å². The second-order valence-electron chi connectivity index (χ2n) is 5.88. The molecule has 2 unspecified atom stereocenters. The number of nitrogens with one attached hydrogen (secondary N) is 1. The van der Waals surface area contributed by atoms with Crippen molar-refractivity contribution in [2.75, 3.05) is 13.7 Å². The average Bonchev–Trinajstić information content (AvgIpc) is 3.21. The number of aliphatic hydroxyl groups is 1. The molecule has 0 aliphatic rings. The van der Waals surface area contributed by atoms with Crippen LogP contribution in [0.3, 0.4) is 0 Å². The maximum absolute atomic E-state index is 10.5. The normalized spacial score (nSPS) is 15.5. The molecule has 5 nitrogen and oxygen atoms in total. The van der Waals surface area contributed by atoms with Crippen LogP contribution in [-0.2, 0) is 5.60 Å². The molecule has 0 fully saturated rings. The van der Waals surface area contributed by atoms with Gasteiger partial charge in [0.2, 0.25) is 0 Å². The third-order valence-electron chi connectivity index (χ3n) is 3.98. The van der Waals surface area contributed by atoms with E-state index >= 15 is 0 Å². The summed E-state index contributed by atoms with van der Waals surface area (Å²) in [4.78, 5) is 0. The van der Waals surface area contributed by atoms with Crippen molar-refractivity contribution in [3.8, 4) is 5.75 Å². The summed E-state index contributed by atoms with van der Waals surface area (Å²) in [6.45, 7) is 4.05. The van der Waals surface area contributed by atoms with Gasteiger partial charge in [-0.2, -0.15) is 0 Å². The maximum atomic E-state index is 10.5. The van der Waals surface area contributed by atoms with Crippen molar-refractivity contribution < 1.29 is 18.7 Å². The molecule has 5 heteroatoms. The molecule has 2 atom stereocenters. The highest BCUT2D eigenvalue weighted by Gasteiger charge is 2.27. The Hall–Kier alpha value is -2.24. The van der Waals surface area contributed by atoms with Crippen molar-refractivity contribution in [1.82, 2.24) is 5.32 Å². The Kier molecular flexibility index (Phi) is 4.15. The van der Waals surface area contributed by atoms with Crippen LogP contribution in [0.1, 0.15) is 31.4 Å². The highest BCUT2D eigenvalue weighted by Crippen LogP contribution is 2.31. The van der Waals surface area contributed by atoms with Gasteiger partial charge in [0.05, 0.1) is 19.4 Å². The molecule has 1 aromatic carbocycles. The number of furan rings is 2. The van der Waals surface area contributed by atoms with Gasteiger partial charge in [-0.15, -0.1) is 0 Å². The smallest absolute Gasteiger partial charge is 0.176 e. The lowest BCUT2D eigenvalue weighted by atomic mass is 10.0. The van der Waals surface area contributed by atoms with Crippen molar-refractivity contribution in [2.24, 2.45) is 0 Å². The van der Waals surface area contributed by atoms with Crippen LogP contribution in [0.15, 0.2) is 51.5 Å². The van der Waals surface area contributed by atoms with Gasteiger partial charge in [0.25, 0.3) is 0 Å². The summed E-state index contributed by atoms with van der Waals surface area (Å²) >= 11 is 0. The molecule has 3 aromatic rings. The monoisotopic (exact) mass is 315 g/mol. The molecule has 0 amide bonds. The summed E-state index contributed by atoms with van der Waals surface area (Å²) in [7, 11) is 1.62. The highest BCUT2D eigenvalue weighted by molar-refractivity contribution is 5.83. The van der Waals surface area contributed by atoms with Gasteiger partial charge in [-0.25, -0.2) is 0 Å². The molecule has 3 rings (SSSR count). The summed E-state index contributed by atoms with van der Waals surface area (Å²) < 4.78 is 16.5. The first-order valence-corrected chi connectivity index (χ1v) is 7.57. The van der Waals surface area contributed by atoms with Crippen LogP contribution in [0.4, 0.5) is 0 Å². The molecule has 0 aliphatic heterocycles. The standard InChI is InChI=1S/C18H21NO4/c1-12(19-11-18(2,20)16-8-5-9-22-16)15-10-13-6-4-7-14(21-3)17(13)23-15/h4-10,12,19-20H,11H2,1-3H3. The molecule has 0 radical (unpaired) electrons. The molecule has 0 aliphatic carbocycles. The SMILES string of the molecule is COc1cccc2cc(C(C)NCC(C)(O)c3ccco3)oc12. The van der Waals surface area contributed by atoms with E-state index in [2.05, 4.69) is 5.32 Å². The molecule has 0 saturated carbocycles. The van der Waals surface area contributed by atoms with Crippen molar-refractivity contribution in [1.29, 1.82) is 0 Å². The number of fused-ring (bicyclic) bond motifs is 1. The van der Waals surface area contributed by atoms with Gasteiger partial charge in [0, 0.05) is 11.9 Å². The average molecular weight is 315 g/mol. The fraction of sp³-hybridized carbons (Fsp3) is 0.333. The number of rotatable bonds is 6. The first-order valence-electron chi connectivity index (χ1n) is 7.57. The summed E-state index contributed by atoms with van der Waals surface area (Å²) in [5, 5.41) is 14.8. The lowest BCUT2D eigenvalue weighted by Gasteiger charge is -2.23. The molecule has 2 aromatic heterocycles. The Balaban J connectivity index is 1.75. The zero-order chi connectivity index (χ0) is 16.4. The lowest BCUT2D eigenvalue weighted by Crippen LogP contribution is -2.36. The summed E-state index contributed by atoms with van der Waals surface area (Å²) in [6, 6.07) is 11.2. The minimum absolute atomic E-state index is 0.0615. The topological polar surface area (TPSA) is 67.8 Å². The van der Waals surface area contributed by atoms with Crippen LogP contribution in [0.2, 0.25) is 0 Å².